The number of anilines is 1. The summed E-state index contributed by atoms with van der Waals surface area (Å²) in [5, 5.41) is 0. The minimum Gasteiger partial charge on any atom is -0.369 e. The third-order valence-corrected chi connectivity index (χ3v) is 4.85. The number of piperazine rings is 1. The Morgan fingerprint density at radius 3 is 2.17 bits per heavy atom. The maximum atomic E-state index is 12.2. The van der Waals surface area contributed by atoms with E-state index in [0.717, 1.165) is 37.4 Å². The molecule has 0 aliphatic carbocycles. The molecule has 0 amide bonds. The van der Waals surface area contributed by atoms with Crippen LogP contribution in [0.1, 0.15) is 5.56 Å². The molecule has 0 atom stereocenters. The van der Waals surface area contributed by atoms with Crippen molar-refractivity contribution in [2.45, 2.75) is 5.88 Å². The molecule has 1 fully saturated rings. The zero-order valence-corrected chi connectivity index (χ0v) is 15.6. The number of aromatic nitrogens is 1. The largest absolute Gasteiger partial charge is 0.369 e. The highest BCUT2D eigenvalue weighted by Crippen LogP contribution is 2.23. The topological polar surface area (TPSA) is 28.5 Å². The molecule has 0 radical (unpaired) electrons. The number of alkyl halides is 1. The fourth-order valence-electron chi connectivity index (χ4n) is 2.99. The zero-order chi connectivity index (χ0) is 16.4. The summed E-state index contributed by atoms with van der Waals surface area (Å²) in [5.41, 5.74) is 3.80. The van der Waals surface area contributed by atoms with Gasteiger partial charge in [0.25, 0.3) is 5.56 Å². The molecule has 2 aromatic rings. The molecule has 24 heavy (non-hydrogen) atoms. The summed E-state index contributed by atoms with van der Waals surface area (Å²) in [6.07, 6.45) is 0. The number of halogens is 2. The smallest absolute Gasteiger partial charge is 0.255 e. The highest BCUT2D eigenvalue weighted by atomic mass is 35.5. The lowest BCUT2D eigenvalue weighted by molar-refractivity contribution is 0.313. The Kier molecular flexibility index (Phi) is 6.33. The Bertz CT molecular complexity index is 735. The van der Waals surface area contributed by atoms with Crippen LogP contribution in [0.4, 0.5) is 5.69 Å². The van der Waals surface area contributed by atoms with Gasteiger partial charge in [0.05, 0.1) is 11.6 Å². The lowest BCUT2D eigenvalue weighted by atomic mass is 10.1. The van der Waals surface area contributed by atoms with E-state index in [1.165, 1.54) is 5.69 Å². The third kappa shape index (κ3) is 3.77. The number of pyridine rings is 1. The van der Waals surface area contributed by atoms with Crippen LogP contribution in [-0.2, 0) is 12.9 Å². The van der Waals surface area contributed by atoms with E-state index in [-0.39, 0.29) is 23.8 Å². The standard InChI is InChI=1S/C18H22ClN3O.ClH/c1-20-9-11-22(12-10-20)16-6-3-14(4-7-16)17-8-5-15(13-19)18(23)21(17)2;/h3-8H,9-13H2,1-2H3;1H. The normalized spacial score (nSPS) is 15.2. The molecule has 0 N–H and O–H groups in total. The minimum absolute atomic E-state index is 0. The zero-order valence-electron chi connectivity index (χ0n) is 14.0. The van der Waals surface area contributed by atoms with Crippen molar-refractivity contribution in [3.63, 3.8) is 0 Å². The lowest BCUT2D eigenvalue weighted by Crippen LogP contribution is -2.44. The van der Waals surface area contributed by atoms with Crippen molar-refractivity contribution in [2.75, 3.05) is 38.1 Å². The summed E-state index contributed by atoms with van der Waals surface area (Å²) < 4.78 is 1.67. The molecule has 130 valence electrons. The second-order valence-corrected chi connectivity index (χ2v) is 6.35. The van der Waals surface area contributed by atoms with Crippen molar-refractivity contribution in [3.05, 3.63) is 52.3 Å². The van der Waals surface area contributed by atoms with Crippen LogP contribution in [-0.4, -0.2) is 42.7 Å². The molecule has 1 aliphatic rings. The number of hydrogen-bond donors (Lipinski definition) is 0. The average molecular weight is 368 g/mol. The molecular weight excluding hydrogens is 345 g/mol. The number of likely N-dealkylation sites (N-methyl/N-ethyl adjacent to an activating group) is 1. The number of hydrogen-bond acceptors (Lipinski definition) is 3. The lowest BCUT2D eigenvalue weighted by Gasteiger charge is -2.34. The van der Waals surface area contributed by atoms with Crippen LogP contribution in [0.5, 0.6) is 0 Å². The summed E-state index contributed by atoms with van der Waals surface area (Å²) in [5.74, 6) is 0.245. The number of rotatable bonds is 3. The van der Waals surface area contributed by atoms with Crippen molar-refractivity contribution in [1.29, 1.82) is 0 Å². The highest BCUT2D eigenvalue weighted by molar-refractivity contribution is 6.17. The van der Waals surface area contributed by atoms with Crippen LogP contribution in [0.2, 0.25) is 0 Å². The van der Waals surface area contributed by atoms with Crippen molar-refractivity contribution >= 4 is 29.7 Å². The molecule has 6 heteroatoms. The van der Waals surface area contributed by atoms with Gasteiger partial charge in [-0.05, 0) is 30.8 Å². The van der Waals surface area contributed by atoms with Gasteiger partial charge in [-0.1, -0.05) is 18.2 Å². The first-order valence-electron chi connectivity index (χ1n) is 7.89. The van der Waals surface area contributed by atoms with E-state index in [9.17, 15) is 4.79 Å². The van der Waals surface area contributed by atoms with E-state index in [1.807, 2.05) is 12.1 Å². The predicted octanol–water partition coefficient (Wildman–Crippen LogP) is 2.96. The van der Waals surface area contributed by atoms with Gasteiger partial charge in [-0.3, -0.25) is 4.79 Å². The molecule has 0 spiro atoms. The fourth-order valence-corrected chi connectivity index (χ4v) is 3.19. The van der Waals surface area contributed by atoms with Gasteiger partial charge in [0.1, 0.15) is 0 Å². The second kappa shape index (κ2) is 8.06. The van der Waals surface area contributed by atoms with Crippen LogP contribution in [0.15, 0.2) is 41.2 Å². The fraction of sp³-hybridized carbons (Fsp3) is 0.389. The highest BCUT2D eigenvalue weighted by Gasteiger charge is 2.14. The third-order valence-electron chi connectivity index (χ3n) is 4.56. The molecule has 1 aromatic carbocycles. The summed E-state index contributed by atoms with van der Waals surface area (Å²) in [6.45, 7) is 4.30. The van der Waals surface area contributed by atoms with Gasteiger partial charge in [0.15, 0.2) is 0 Å². The van der Waals surface area contributed by atoms with Crippen molar-refractivity contribution in [2.24, 2.45) is 7.05 Å². The van der Waals surface area contributed by atoms with Crippen molar-refractivity contribution < 1.29 is 0 Å². The molecule has 0 unspecified atom stereocenters. The summed E-state index contributed by atoms with van der Waals surface area (Å²) in [4.78, 5) is 17.0. The van der Waals surface area contributed by atoms with Gasteiger partial charge >= 0.3 is 0 Å². The van der Waals surface area contributed by atoms with Crippen LogP contribution in [0, 0.1) is 0 Å². The molecular formula is C18H23Cl2N3O. The molecule has 1 saturated heterocycles. The Morgan fingerprint density at radius 2 is 1.58 bits per heavy atom. The summed E-state index contributed by atoms with van der Waals surface area (Å²) in [7, 11) is 3.95. The van der Waals surface area contributed by atoms with E-state index in [4.69, 9.17) is 11.6 Å². The number of nitrogens with zero attached hydrogens (tertiary/aromatic N) is 3. The summed E-state index contributed by atoms with van der Waals surface area (Å²) in [6, 6.07) is 12.2. The Labute approximate surface area is 154 Å². The quantitative estimate of drug-likeness (QED) is 0.780. The first-order valence-corrected chi connectivity index (χ1v) is 8.42. The summed E-state index contributed by atoms with van der Waals surface area (Å²) >= 11 is 5.80. The van der Waals surface area contributed by atoms with Gasteiger partial charge in [-0.25, -0.2) is 0 Å². The van der Waals surface area contributed by atoms with E-state index < -0.39 is 0 Å². The Morgan fingerprint density at radius 1 is 0.958 bits per heavy atom. The molecule has 0 saturated carbocycles. The first kappa shape index (κ1) is 18.8. The van der Waals surface area contributed by atoms with E-state index in [0.29, 0.717) is 5.56 Å². The predicted molar refractivity (Wildman–Crippen MR) is 104 cm³/mol. The van der Waals surface area contributed by atoms with Crippen LogP contribution < -0.4 is 10.5 Å². The molecule has 1 aromatic heterocycles. The van der Waals surface area contributed by atoms with Gasteiger partial charge < -0.3 is 14.4 Å². The molecule has 1 aliphatic heterocycles. The monoisotopic (exact) mass is 367 g/mol. The van der Waals surface area contributed by atoms with E-state index >= 15 is 0 Å². The van der Waals surface area contributed by atoms with E-state index in [2.05, 4.69) is 41.1 Å². The van der Waals surface area contributed by atoms with Gasteiger partial charge in [0, 0.05) is 44.5 Å². The SMILES string of the molecule is CN1CCN(c2ccc(-c3ccc(CCl)c(=O)n3C)cc2)CC1.Cl. The molecule has 4 nitrogen and oxygen atoms in total. The van der Waals surface area contributed by atoms with Crippen molar-refractivity contribution in [3.8, 4) is 11.3 Å². The maximum Gasteiger partial charge on any atom is 0.255 e. The molecule has 2 heterocycles. The Hall–Kier alpha value is -1.49. The van der Waals surface area contributed by atoms with Crippen LogP contribution in [0.3, 0.4) is 0 Å². The average Bonchev–Trinajstić information content (AvgIpc) is 2.58. The van der Waals surface area contributed by atoms with Gasteiger partial charge in [0.2, 0.25) is 0 Å². The van der Waals surface area contributed by atoms with Gasteiger partial charge in [-0.15, -0.1) is 24.0 Å². The van der Waals surface area contributed by atoms with Crippen LogP contribution >= 0.6 is 24.0 Å². The van der Waals surface area contributed by atoms with Gasteiger partial charge in [-0.2, -0.15) is 0 Å². The number of benzene rings is 1. The first-order chi connectivity index (χ1) is 11.1. The van der Waals surface area contributed by atoms with Crippen molar-refractivity contribution in [1.82, 2.24) is 9.47 Å². The minimum atomic E-state index is -0.0272. The Balaban J connectivity index is 0.00000208. The molecule has 3 rings (SSSR count). The van der Waals surface area contributed by atoms with E-state index in [1.54, 1.807) is 11.6 Å². The molecule has 0 bridgehead atoms. The second-order valence-electron chi connectivity index (χ2n) is 6.08. The van der Waals surface area contributed by atoms with Crippen LogP contribution in [0.25, 0.3) is 11.3 Å². The maximum absolute atomic E-state index is 12.2.